The van der Waals surface area contributed by atoms with Gasteiger partial charge in [-0.1, -0.05) is 19.9 Å². The Morgan fingerprint density at radius 3 is 2.79 bits per heavy atom. The van der Waals surface area contributed by atoms with Gasteiger partial charge in [0.1, 0.15) is 0 Å². The summed E-state index contributed by atoms with van der Waals surface area (Å²) in [5.74, 6) is -1.70. The molecule has 0 aliphatic carbocycles. The number of para-hydroxylation sites is 1. The molecule has 6 nitrogen and oxygen atoms in total. The lowest BCUT2D eigenvalue weighted by molar-refractivity contribution is -0.384. The number of carbonyl (C=O) groups is 1. The number of nitro groups is 1. The van der Waals surface area contributed by atoms with Gasteiger partial charge in [-0.2, -0.15) is 0 Å². The van der Waals surface area contributed by atoms with Crippen LogP contribution in [0.3, 0.4) is 0 Å². The number of rotatable bonds is 6. The Kier molecular flexibility index (Phi) is 5.37. The second kappa shape index (κ2) is 6.79. The van der Waals surface area contributed by atoms with Crippen molar-refractivity contribution in [3.63, 3.8) is 0 Å². The van der Waals surface area contributed by atoms with Gasteiger partial charge in [-0.05, 0) is 12.6 Å². The highest BCUT2D eigenvalue weighted by Crippen LogP contribution is 2.27. The van der Waals surface area contributed by atoms with Crippen LogP contribution < -0.4 is 10.6 Å². The van der Waals surface area contributed by atoms with Gasteiger partial charge in [0, 0.05) is 18.5 Å². The zero-order valence-electron chi connectivity index (χ0n) is 10.8. The summed E-state index contributed by atoms with van der Waals surface area (Å²) < 4.78 is 13.6. The molecule has 1 atom stereocenters. The zero-order chi connectivity index (χ0) is 14.4. The summed E-state index contributed by atoms with van der Waals surface area (Å²) in [5.41, 5.74) is -0.843. The Bertz CT molecular complexity index is 479. The van der Waals surface area contributed by atoms with E-state index in [2.05, 4.69) is 10.6 Å². The second-order valence-electron chi connectivity index (χ2n) is 4.09. The first kappa shape index (κ1) is 15.0. The van der Waals surface area contributed by atoms with E-state index in [0.717, 1.165) is 12.1 Å². The third-order valence-electron chi connectivity index (χ3n) is 2.58. The molecule has 2 N–H and O–H groups in total. The molecule has 1 aromatic carbocycles. The molecule has 19 heavy (non-hydrogen) atoms. The molecule has 0 heterocycles. The SMILES string of the molecule is CCNCC(C)C(=O)Nc1c(F)cccc1[N+](=O)[O-]. The van der Waals surface area contributed by atoms with E-state index in [0.29, 0.717) is 13.1 Å². The molecule has 1 unspecified atom stereocenters. The van der Waals surface area contributed by atoms with Crippen molar-refractivity contribution in [2.45, 2.75) is 13.8 Å². The first-order chi connectivity index (χ1) is 8.97. The Morgan fingerprint density at radius 1 is 1.53 bits per heavy atom. The molecule has 1 rings (SSSR count). The monoisotopic (exact) mass is 269 g/mol. The van der Waals surface area contributed by atoms with Crippen LogP contribution in [0.25, 0.3) is 0 Å². The van der Waals surface area contributed by atoms with Crippen LogP contribution in [0.15, 0.2) is 18.2 Å². The predicted molar refractivity (Wildman–Crippen MR) is 69.4 cm³/mol. The summed E-state index contributed by atoms with van der Waals surface area (Å²) in [6.07, 6.45) is 0. The largest absolute Gasteiger partial charge is 0.318 e. The molecular weight excluding hydrogens is 253 g/mol. The average molecular weight is 269 g/mol. The summed E-state index contributed by atoms with van der Waals surface area (Å²) >= 11 is 0. The van der Waals surface area contributed by atoms with Crippen molar-refractivity contribution in [2.24, 2.45) is 5.92 Å². The molecule has 1 amide bonds. The van der Waals surface area contributed by atoms with E-state index >= 15 is 0 Å². The topological polar surface area (TPSA) is 84.3 Å². The van der Waals surface area contributed by atoms with Crippen LogP contribution in [0.4, 0.5) is 15.8 Å². The highest BCUT2D eigenvalue weighted by molar-refractivity contribution is 5.94. The Hall–Kier alpha value is -2.02. The Morgan fingerprint density at radius 2 is 2.21 bits per heavy atom. The van der Waals surface area contributed by atoms with Gasteiger partial charge >= 0.3 is 0 Å². The molecule has 7 heteroatoms. The molecule has 0 aliphatic rings. The predicted octanol–water partition coefficient (Wildman–Crippen LogP) is 1.92. The maximum absolute atomic E-state index is 13.6. The van der Waals surface area contributed by atoms with E-state index in [1.54, 1.807) is 6.92 Å². The fourth-order valence-corrected chi connectivity index (χ4v) is 1.49. The molecule has 0 saturated heterocycles. The lowest BCUT2D eigenvalue weighted by Gasteiger charge is -2.12. The van der Waals surface area contributed by atoms with Crippen molar-refractivity contribution >= 4 is 17.3 Å². The minimum atomic E-state index is -0.821. The number of amides is 1. The summed E-state index contributed by atoms with van der Waals surface area (Å²) in [7, 11) is 0. The third-order valence-corrected chi connectivity index (χ3v) is 2.58. The van der Waals surface area contributed by atoms with Crippen LogP contribution in [-0.2, 0) is 4.79 Å². The first-order valence-electron chi connectivity index (χ1n) is 5.91. The molecule has 0 fully saturated rings. The number of nitro benzene ring substituents is 1. The van der Waals surface area contributed by atoms with Crippen LogP contribution in [0, 0.1) is 21.8 Å². The molecule has 0 bridgehead atoms. The van der Waals surface area contributed by atoms with Gasteiger partial charge in [-0.3, -0.25) is 14.9 Å². The molecule has 0 spiro atoms. The minimum Gasteiger partial charge on any atom is -0.318 e. The van der Waals surface area contributed by atoms with Gasteiger partial charge in [0.05, 0.1) is 4.92 Å². The molecule has 0 saturated carbocycles. The third kappa shape index (κ3) is 3.99. The van der Waals surface area contributed by atoms with Crippen LogP contribution in [-0.4, -0.2) is 23.9 Å². The van der Waals surface area contributed by atoms with Crippen molar-refractivity contribution in [2.75, 3.05) is 18.4 Å². The Balaban J connectivity index is 2.87. The average Bonchev–Trinajstić information content (AvgIpc) is 2.37. The van der Waals surface area contributed by atoms with Gasteiger partial charge in [-0.15, -0.1) is 0 Å². The van der Waals surface area contributed by atoms with Crippen LogP contribution in [0.5, 0.6) is 0 Å². The number of hydrogen-bond donors (Lipinski definition) is 2. The number of halogens is 1. The van der Waals surface area contributed by atoms with E-state index in [9.17, 15) is 19.3 Å². The maximum Gasteiger partial charge on any atom is 0.295 e. The quantitative estimate of drug-likeness (QED) is 0.610. The van der Waals surface area contributed by atoms with Crippen LogP contribution in [0.1, 0.15) is 13.8 Å². The van der Waals surface area contributed by atoms with E-state index in [-0.39, 0.29) is 5.69 Å². The molecule has 0 aromatic heterocycles. The first-order valence-corrected chi connectivity index (χ1v) is 5.91. The lowest BCUT2D eigenvalue weighted by Crippen LogP contribution is -2.30. The standard InChI is InChI=1S/C12H16FN3O3/c1-3-14-7-8(2)12(17)15-11-9(13)5-4-6-10(11)16(18)19/h4-6,8,14H,3,7H2,1-2H3,(H,15,17). The second-order valence-corrected chi connectivity index (χ2v) is 4.09. The number of carbonyl (C=O) groups excluding carboxylic acids is 1. The summed E-state index contributed by atoms with van der Waals surface area (Å²) in [6, 6.07) is 3.44. The highest BCUT2D eigenvalue weighted by Gasteiger charge is 2.22. The van der Waals surface area contributed by atoms with E-state index < -0.39 is 28.3 Å². The van der Waals surface area contributed by atoms with E-state index in [4.69, 9.17) is 0 Å². The number of benzene rings is 1. The number of hydrogen-bond acceptors (Lipinski definition) is 4. The lowest BCUT2D eigenvalue weighted by atomic mass is 10.1. The van der Waals surface area contributed by atoms with Gasteiger partial charge < -0.3 is 10.6 Å². The van der Waals surface area contributed by atoms with Crippen molar-refractivity contribution in [1.29, 1.82) is 0 Å². The van der Waals surface area contributed by atoms with E-state index in [1.807, 2.05) is 6.92 Å². The van der Waals surface area contributed by atoms with Crippen molar-refractivity contribution in [3.8, 4) is 0 Å². The molecule has 104 valence electrons. The van der Waals surface area contributed by atoms with Crippen molar-refractivity contribution in [3.05, 3.63) is 34.1 Å². The summed E-state index contributed by atoms with van der Waals surface area (Å²) in [5, 5.41) is 16.0. The maximum atomic E-state index is 13.6. The number of nitrogens with zero attached hydrogens (tertiary/aromatic N) is 1. The number of nitrogens with one attached hydrogen (secondary N) is 2. The van der Waals surface area contributed by atoms with Gasteiger partial charge in [0.25, 0.3) is 5.69 Å². The summed E-state index contributed by atoms with van der Waals surface area (Å²) in [4.78, 5) is 21.8. The fourth-order valence-electron chi connectivity index (χ4n) is 1.49. The van der Waals surface area contributed by atoms with E-state index in [1.165, 1.54) is 6.07 Å². The molecule has 0 radical (unpaired) electrons. The highest BCUT2D eigenvalue weighted by atomic mass is 19.1. The molecule has 1 aromatic rings. The zero-order valence-corrected chi connectivity index (χ0v) is 10.8. The Labute approximate surface area is 110 Å². The smallest absolute Gasteiger partial charge is 0.295 e. The fraction of sp³-hybridized carbons (Fsp3) is 0.417. The normalized spacial score (nSPS) is 11.9. The number of anilines is 1. The summed E-state index contributed by atoms with van der Waals surface area (Å²) in [6.45, 7) is 4.68. The van der Waals surface area contributed by atoms with Crippen LogP contribution in [0.2, 0.25) is 0 Å². The molecular formula is C12H16FN3O3. The molecule has 0 aliphatic heterocycles. The van der Waals surface area contributed by atoms with Gasteiger partial charge in [-0.25, -0.2) is 4.39 Å². The van der Waals surface area contributed by atoms with Crippen LogP contribution >= 0.6 is 0 Å². The van der Waals surface area contributed by atoms with Crippen molar-refractivity contribution in [1.82, 2.24) is 5.32 Å². The van der Waals surface area contributed by atoms with Gasteiger partial charge in [0.15, 0.2) is 11.5 Å². The minimum absolute atomic E-state index is 0.388. The van der Waals surface area contributed by atoms with Crippen molar-refractivity contribution < 1.29 is 14.1 Å². The van der Waals surface area contributed by atoms with Gasteiger partial charge in [0.2, 0.25) is 5.91 Å².